The molecule has 1 unspecified atom stereocenters. The smallest absolute Gasteiger partial charge is 0.140 e. The molecule has 1 atom stereocenters. The van der Waals surface area contributed by atoms with Crippen LogP contribution in [0.2, 0.25) is 0 Å². The van der Waals surface area contributed by atoms with E-state index in [4.69, 9.17) is 0 Å². The van der Waals surface area contributed by atoms with Gasteiger partial charge in [0.15, 0.2) is 0 Å². The maximum Gasteiger partial charge on any atom is 0.140 e. The monoisotopic (exact) mass is 197 g/mol. The lowest BCUT2D eigenvalue weighted by Gasteiger charge is -2.19. The number of hydrogen-bond acceptors (Lipinski definition) is 3. The quantitative estimate of drug-likeness (QED) is 0.608. The number of rotatable bonds is 6. The van der Waals surface area contributed by atoms with Gasteiger partial charge in [-0.25, -0.2) is 0 Å². The van der Waals surface area contributed by atoms with Crippen LogP contribution in [0.1, 0.15) is 33.6 Å². The van der Waals surface area contributed by atoms with E-state index in [0.29, 0.717) is 12.8 Å². The Kier molecular flexibility index (Phi) is 5.28. The Morgan fingerprint density at radius 1 is 1.00 bits per heavy atom. The Morgan fingerprint density at radius 3 is 1.64 bits per heavy atom. The van der Waals surface area contributed by atoms with Crippen molar-refractivity contribution in [3.63, 3.8) is 0 Å². The van der Waals surface area contributed by atoms with E-state index in [1.54, 1.807) is 0 Å². The van der Waals surface area contributed by atoms with Crippen LogP contribution in [-0.4, -0.2) is 17.3 Å². The summed E-state index contributed by atoms with van der Waals surface area (Å²) >= 11 is 0. The summed E-state index contributed by atoms with van der Waals surface area (Å²) in [5.41, 5.74) is 0. The van der Waals surface area contributed by atoms with Gasteiger partial charge in [-0.1, -0.05) is 13.3 Å². The first-order valence-electron chi connectivity index (χ1n) is 4.72. The van der Waals surface area contributed by atoms with Crippen molar-refractivity contribution in [1.29, 1.82) is 0 Å². The minimum atomic E-state index is -0.769. The molecule has 3 nitrogen and oxygen atoms in total. The van der Waals surface area contributed by atoms with Gasteiger partial charge in [0, 0.05) is 5.92 Å². The zero-order chi connectivity index (χ0) is 11.3. The highest BCUT2D eigenvalue weighted by atomic mass is 16.2. The van der Waals surface area contributed by atoms with E-state index in [0.717, 1.165) is 0 Å². The molecule has 0 aromatic carbocycles. The van der Waals surface area contributed by atoms with Gasteiger partial charge in [-0.05, 0) is 27.2 Å². The zero-order valence-electron chi connectivity index (χ0n) is 9.00. The topological polar surface area (TPSA) is 51.2 Å². The van der Waals surface area contributed by atoms with E-state index in [2.05, 4.69) is 6.92 Å². The number of hydrogen-bond donors (Lipinski definition) is 0. The molecule has 0 aliphatic carbocycles. The Labute approximate surface area is 84.9 Å². The fourth-order valence-corrected chi connectivity index (χ4v) is 1.68. The zero-order valence-corrected chi connectivity index (χ0v) is 9.00. The summed E-state index contributed by atoms with van der Waals surface area (Å²) < 4.78 is 0. The van der Waals surface area contributed by atoms with Crippen LogP contribution in [0.25, 0.3) is 0 Å². The Hall–Kier alpha value is -0.990. The van der Waals surface area contributed by atoms with Gasteiger partial charge in [0.1, 0.15) is 17.3 Å². The predicted molar refractivity (Wildman–Crippen MR) is 53.6 cm³/mol. The summed E-state index contributed by atoms with van der Waals surface area (Å²) in [6.07, 6.45) is 1.06. The van der Waals surface area contributed by atoms with Gasteiger partial charge >= 0.3 is 0 Å². The van der Waals surface area contributed by atoms with Crippen molar-refractivity contribution >= 4 is 17.3 Å². The molecule has 0 N–H and O–H groups in total. The molecule has 0 aromatic rings. The second-order valence-electron chi connectivity index (χ2n) is 3.56. The molecule has 1 radical (unpaired) electrons. The lowest BCUT2D eigenvalue weighted by atomic mass is 9.81. The van der Waals surface area contributed by atoms with Crippen LogP contribution in [-0.2, 0) is 14.4 Å². The summed E-state index contributed by atoms with van der Waals surface area (Å²) in [7, 11) is 0. The van der Waals surface area contributed by atoms with E-state index in [1.807, 2.05) is 0 Å². The van der Waals surface area contributed by atoms with Crippen molar-refractivity contribution in [3.8, 4) is 0 Å². The molecular formula is C11H17O3. The second-order valence-corrected chi connectivity index (χ2v) is 3.56. The van der Waals surface area contributed by atoms with Crippen LogP contribution in [0.3, 0.4) is 0 Å². The molecule has 0 aromatic heterocycles. The molecule has 0 fully saturated rings. The minimum absolute atomic E-state index is 0.107. The van der Waals surface area contributed by atoms with Crippen LogP contribution < -0.4 is 0 Å². The highest BCUT2D eigenvalue weighted by molar-refractivity contribution is 6.04. The molecule has 0 rings (SSSR count). The van der Waals surface area contributed by atoms with Crippen molar-refractivity contribution in [1.82, 2.24) is 0 Å². The fourth-order valence-electron chi connectivity index (χ4n) is 1.68. The third-order valence-corrected chi connectivity index (χ3v) is 2.32. The van der Waals surface area contributed by atoms with Crippen LogP contribution in [0.15, 0.2) is 0 Å². The van der Waals surface area contributed by atoms with Gasteiger partial charge in [0.05, 0.1) is 5.92 Å². The molecular weight excluding hydrogens is 180 g/mol. The first kappa shape index (κ1) is 13.0. The SMILES string of the molecule is [CH2]CCC(C(C)=O)C(C(C)=O)C(C)=O. The summed E-state index contributed by atoms with van der Waals surface area (Å²) in [6.45, 7) is 7.75. The Balaban J connectivity index is 4.82. The first-order chi connectivity index (χ1) is 6.41. The molecule has 0 amide bonds. The predicted octanol–water partition coefficient (Wildman–Crippen LogP) is 1.60. The summed E-state index contributed by atoms with van der Waals surface area (Å²) in [6, 6.07) is 0. The average Bonchev–Trinajstić information content (AvgIpc) is 2.01. The number of Topliss-reactive ketones (excluding diaryl/α,β-unsaturated/α-hetero) is 3. The van der Waals surface area contributed by atoms with E-state index in [9.17, 15) is 14.4 Å². The van der Waals surface area contributed by atoms with E-state index in [-0.39, 0.29) is 17.3 Å². The van der Waals surface area contributed by atoms with Crippen molar-refractivity contribution < 1.29 is 14.4 Å². The summed E-state index contributed by atoms with van der Waals surface area (Å²) in [5.74, 6) is -1.82. The number of carbonyl (C=O) groups is 3. The van der Waals surface area contributed by atoms with E-state index >= 15 is 0 Å². The molecule has 0 aliphatic heterocycles. The standard InChI is InChI=1S/C11H17O3/c1-5-6-10(7(2)12)11(8(3)13)9(4)14/h10-11H,1,5-6H2,2-4H3. The van der Waals surface area contributed by atoms with Crippen molar-refractivity contribution in [2.75, 3.05) is 0 Å². The Morgan fingerprint density at radius 2 is 1.43 bits per heavy atom. The van der Waals surface area contributed by atoms with Crippen molar-refractivity contribution in [2.24, 2.45) is 11.8 Å². The van der Waals surface area contributed by atoms with E-state index in [1.165, 1.54) is 20.8 Å². The second kappa shape index (κ2) is 5.68. The fraction of sp³-hybridized carbons (Fsp3) is 0.636. The summed E-state index contributed by atoms with van der Waals surface area (Å²) in [4.78, 5) is 33.7. The summed E-state index contributed by atoms with van der Waals surface area (Å²) in [5, 5.41) is 0. The molecule has 0 saturated heterocycles. The third kappa shape index (κ3) is 3.40. The Bertz CT molecular complexity index is 229. The number of carbonyl (C=O) groups excluding carboxylic acids is 3. The molecule has 3 heteroatoms. The third-order valence-electron chi connectivity index (χ3n) is 2.32. The van der Waals surface area contributed by atoms with Gasteiger partial charge in [-0.3, -0.25) is 14.4 Å². The molecule has 0 spiro atoms. The normalized spacial score (nSPS) is 12.6. The van der Waals surface area contributed by atoms with Crippen LogP contribution in [0.4, 0.5) is 0 Å². The average molecular weight is 197 g/mol. The molecule has 0 saturated carbocycles. The lowest BCUT2D eigenvalue weighted by molar-refractivity contribution is -0.138. The van der Waals surface area contributed by atoms with Gasteiger partial charge in [-0.2, -0.15) is 0 Å². The van der Waals surface area contributed by atoms with Crippen LogP contribution >= 0.6 is 0 Å². The van der Waals surface area contributed by atoms with E-state index < -0.39 is 11.8 Å². The molecule has 0 bridgehead atoms. The molecule has 0 aliphatic rings. The largest absolute Gasteiger partial charge is 0.300 e. The van der Waals surface area contributed by atoms with Gasteiger partial charge in [0.2, 0.25) is 0 Å². The molecule has 0 heterocycles. The van der Waals surface area contributed by atoms with Gasteiger partial charge in [0.25, 0.3) is 0 Å². The van der Waals surface area contributed by atoms with Crippen molar-refractivity contribution in [3.05, 3.63) is 6.92 Å². The van der Waals surface area contributed by atoms with Gasteiger partial charge < -0.3 is 0 Å². The van der Waals surface area contributed by atoms with Crippen molar-refractivity contribution in [2.45, 2.75) is 33.6 Å². The highest BCUT2D eigenvalue weighted by Gasteiger charge is 2.31. The first-order valence-corrected chi connectivity index (χ1v) is 4.72. The maximum absolute atomic E-state index is 11.3. The van der Waals surface area contributed by atoms with Gasteiger partial charge in [-0.15, -0.1) is 0 Å². The highest BCUT2D eigenvalue weighted by Crippen LogP contribution is 2.21. The molecule has 14 heavy (non-hydrogen) atoms. The number of ketones is 3. The molecule has 79 valence electrons. The maximum atomic E-state index is 11.3. The van der Waals surface area contributed by atoms with Crippen LogP contribution in [0.5, 0.6) is 0 Å². The van der Waals surface area contributed by atoms with Crippen LogP contribution in [0, 0.1) is 18.8 Å². The lowest BCUT2D eigenvalue weighted by Crippen LogP contribution is -2.32. The minimum Gasteiger partial charge on any atom is -0.300 e.